The van der Waals surface area contributed by atoms with Gasteiger partial charge in [-0.2, -0.15) is 0 Å². The standard InChI is InChI=1S/C14H14ClFN2/c1-10(12-2-4-13(15)5-3-12)18-8-11-6-14(16)9-17-7-11/h2-7,9-10,18H,8H2,1H3/t10-/m1/s1. The first-order chi connectivity index (χ1) is 8.65. The van der Waals surface area contributed by atoms with Crippen molar-refractivity contribution in [3.63, 3.8) is 0 Å². The van der Waals surface area contributed by atoms with Crippen LogP contribution in [-0.4, -0.2) is 4.98 Å². The molecule has 0 aliphatic heterocycles. The molecule has 0 saturated carbocycles. The smallest absolute Gasteiger partial charge is 0.141 e. The van der Waals surface area contributed by atoms with Gasteiger partial charge in [0.25, 0.3) is 0 Å². The Morgan fingerprint density at radius 1 is 1.28 bits per heavy atom. The minimum absolute atomic E-state index is 0.172. The highest BCUT2D eigenvalue weighted by Gasteiger charge is 2.05. The van der Waals surface area contributed by atoms with Gasteiger partial charge in [-0.3, -0.25) is 4.98 Å². The van der Waals surface area contributed by atoms with E-state index < -0.39 is 0 Å². The zero-order valence-corrected chi connectivity index (χ0v) is 10.8. The minimum atomic E-state index is -0.312. The highest BCUT2D eigenvalue weighted by molar-refractivity contribution is 6.30. The van der Waals surface area contributed by atoms with Crippen molar-refractivity contribution in [2.75, 3.05) is 0 Å². The molecule has 0 aliphatic carbocycles. The SMILES string of the molecule is C[C@@H](NCc1cncc(F)c1)c1ccc(Cl)cc1. The first-order valence-electron chi connectivity index (χ1n) is 5.73. The second-order valence-corrected chi connectivity index (χ2v) is 4.60. The van der Waals surface area contributed by atoms with Crippen LogP contribution in [0.2, 0.25) is 5.02 Å². The third-order valence-electron chi connectivity index (χ3n) is 2.74. The molecule has 18 heavy (non-hydrogen) atoms. The second-order valence-electron chi connectivity index (χ2n) is 4.17. The molecule has 0 aliphatic rings. The predicted molar refractivity (Wildman–Crippen MR) is 70.9 cm³/mol. The molecule has 0 radical (unpaired) electrons. The van der Waals surface area contributed by atoms with E-state index in [4.69, 9.17) is 11.6 Å². The van der Waals surface area contributed by atoms with Crippen LogP contribution in [0, 0.1) is 5.82 Å². The average Bonchev–Trinajstić information content (AvgIpc) is 2.37. The Morgan fingerprint density at radius 2 is 2.00 bits per heavy atom. The lowest BCUT2D eigenvalue weighted by atomic mass is 10.1. The van der Waals surface area contributed by atoms with Crippen LogP contribution in [0.4, 0.5) is 4.39 Å². The van der Waals surface area contributed by atoms with Gasteiger partial charge < -0.3 is 5.32 Å². The fourth-order valence-corrected chi connectivity index (χ4v) is 1.82. The van der Waals surface area contributed by atoms with Crippen LogP contribution in [0.5, 0.6) is 0 Å². The first kappa shape index (κ1) is 13.0. The Balaban J connectivity index is 1.96. The Labute approximate surface area is 111 Å². The molecule has 1 aromatic carbocycles. The van der Waals surface area contributed by atoms with Gasteiger partial charge in [-0.05, 0) is 36.2 Å². The number of hydrogen-bond acceptors (Lipinski definition) is 2. The number of hydrogen-bond donors (Lipinski definition) is 1. The zero-order valence-electron chi connectivity index (χ0n) is 10.0. The Kier molecular flexibility index (Phi) is 4.28. The maximum atomic E-state index is 13.0. The van der Waals surface area contributed by atoms with E-state index >= 15 is 0 Å². The minimum Gasteiger partial charge on any atom is -0.306 e. The summed E-state index contributed by atoms with van der Waals surface area (Å²) in [5, 5.41) is 4.03. The average molecular weight is 265 g/mol. The monoisotopic (exact) mass is 264 g/mol. The quantitative estimate of drug-likeness (QED) is 0.910. The molecule has 0 amide bonds. The molecule has 0 bridgehead atoms. The van der Waals surface area contributed by atoms with Gasteiger partial charge in [0, 0.05) is 23.8 Å². The van der Waals surface area contributed by atoms with Gasteiger partial charge in [-0.25, -0.2) is 4.39 Å². The number of halogens is 2. The molecule has 0 saturated heterocycles. The van der Waals surface area contributed by atoms with Gasteiger partial charge >= 0.3 is 0 Å². The van der Waals surface area contributed by atoms with Crippen LogP contribution in [0.25, 0.3) is 0 Å². The van der Waals surface area contributed by atoms with Crippen LogP contribution >= 0.6 is 11.6 Å². The topological polar surface area (TPSA) is 24.9 Å². The number of nitrogens with one attached hydrogen (secondary N) is 1. The maximum absolute atomic E-state index is 13.0. The zero-order chi connectivity index (χ0) is 13.0. The first-order valence-corrected chi connectivity index (χ1v) is 6.11. The summed E-state index contributed by atoms with van der Waals surface area (Å²) in [7, 11) is 0. The molecule has 1 heterocycles. The lowest BCUT2D eigenvalue weighted by Gasteiger charge is -2.14. The highest BCUT2D eigenvalue weighted by Crippen LogP contribution is 2.16. The lowest BCUT2D eigenvalue weighted by Crippen LogP contribution is -2.18. The summed E-state index contributed by atoms with van der Waals surface area (Å²) < 4.78 is 13.0. The number of nitrogens with zero attached hydrogens (tertiary/aromatic N) is 1. The molecule has 94 valence electrons. The van der Waals surface area contributed by atoms with E-state index in [0.717, 1.165) is 16.1 Å². The number of rotatable bonds is 4. The maximum Gasteiger partial charge on any atom is 0.141 e. The van der Waals surface area contributed by atoms with E-state index in [0.29, 0.717) is 6.54 Å². The van der Waals surface area contributed by atoms with Gasteiger partial charge in [0.05, 0.1) is 6.20 Å². The third kappa shape index (κ3) is 3.52. The molecular weight excluding hydrogens is 251 g/mol. The summed E-state index contributed by atoms with van der Waals surface area (Å²) in [6.45, 7) is 2.63. The molecule has 0 unspecified atom stereocenters. The Bertz CT molecular complexity index is 513. The van der Waals surface area contributed by atoms with Gasteiger partial charge in [-0.15, -0.1) is 0 Å². The van der Waals surface area contributed by atoms with Crippen molar-refractivity contribution >= 4 is 11.6 Å². The van der Waals surface area contributed by atoms with Crippen molar-refractivity contribution in [3.05, 3.63) is 64.7 Å². The lowest BCUT2D eigenvalue weighted by molar-refractivity contribution is 0.567. The summed E-state index contributed by atoms with van der Waals surface area (Å²) in [5.41, 5.74) is 1.97. The van der Waals surface area contributed by atoms with E-state index in [1.165, 1.54) is 12.3 Å². The predicted octanol–water partition coefficient (Wildman–Crippen LogP) is 3.72. The number of pyridine rings is 1. The van der Waals surface area contributed by atoms with E-state index in [1.54, 1.807) is 6.20 Å². The van der Waals surface area contributed by atoms with Crippen molar-refractivity contribution in [2.45, 2.75) is 19.5 Å². The van der Waals surface area contributed by atoms with Crippen LogP contribution in [-0.2, 0) is 6.54 Å². The second kappa shape index (κ2) is 5.94. The Morgan fingerprint density at radius 3 is 2.67 bits per heavy atom. The molecule has 2 aromatic rings. The van der Waals surface area contributed by atoms with Crippen molar-refractivity contribution in [3.8, 4) is 0 Å². The molecule has 1 aromatic heterocycles. The molecule has 0 spiro atoms. The van der Waals surface area contributed by atoms with Gasteiger partial charge in [-0.1, -0.05) is 23.7 Å². The summed E-state index contributed by atoms with van der Waals surface area (Å²) in [6.07, 6.45) is 2.86. The van der Waals surface area contributed by atoms with Crippen LogP contribution < -0.4 is 5.32 Å². The van der Waals surface area contributed by atoms with Crippen molar-refractivity contribution in [1.82, 2.24) is 10.3 Å². The van der Waals surface area contributed by atoms with Crippen molar-refractivity contribution in [2.24, 2.45) is 0 Å². The third-order valence-corrected chi connectivity index (χ3v) is 3.00. The van der Waals surface area contributed by atoms with Crippen LogP contribution in [0.1, 0.15) is 24.1 Å². The molecule has 2 nitrogen and oxygen atoms in total. The summed E-state index contributed by atoms with van der Waals surface area (Å²) in [4.78, 5) is 3.81. The molecule has 4 heteroatoms. The van der Waals surface area contributed by atoms with Crippen molar-refractivity contribution in [1.29, 1.82) is 0 Å². The van der Waals surface area contributed by atoms with E-state index in [9.17, 15) is 4.39 Å². The number of aromatic nitrogens is 1. The normalized spacial score (nSPS) is 12.4. The molecule has 2 rings (SSSR count). The van der Waals surface area contributed by atoms with Gasteiger partial charge in [0.15, 0.2) is 0 Å². The molecule has 1 N–H and O–H groups in total. The van der Waals surface area contributed by atoms with E-state index in [1.807, 2.05) is 24.3 Å². The van der Waals surface area contributed by atoms with E-state index in [2.05, 4.69) is 17.2 Å². The van der Waals surface area contributed by atoms with Gasteiger partial charge in [0.2, 0.25) is 0 Å². The molecule has 0 fully saturated rings. The van der Waals surface area contributed by atoms with Crippen molar-refractivity contribution < 1.29 is 4.39 Å². The Hall–Kier alpha value is -1.45. The number of benzene rings is 1. The van der Waals surface area contributed by atoms with Crippen LogP contribution in [0.3, 0.4) is 0 Å². The fraction of sp³-hybridized carbons (Fsp3) is 0.214. The summed E-state index contributed by atoms with van der Waals surface area (Å²) in [6, 6.07) is 9.32. The molecule has 1 atom stereocenters. The fourth-order valence-electron chi connectivity index (χ4n) is 1.69. The summed E-state index contributed by atoms with van der Waals surface area (Å²) in [5.74, 6) is -0.312. The largest absolute Gasteiger partial charge is 0.306 e. The summed E-state index contributed by atoms with van der Waals surface area (Å²) >= 11 is 5.84. The van der Waals surface area contributed by atoms with E-state index in [-0.39, 0.29) is 11.9 Å². The van der Waals surface area contributed by atoms with Gasteiger partial charge in [0.1, 0.15) is 5.82 Å². The molecular formula is C14H14ClFN2. The highest BCUT2D eigenvalue weighted by atomic mass is 35.5. The van der Waals surface area contributed by atoms with Crippen LogP contribution in [0.15, 0.2) is 42.7 Å².